The molecule has 0 unspecified atom stereocenters. The molecular weight excluding hydrogens is 228 g/mol. The van der Waals surface area contributed by atoms with Gasteiger partial charge in [0.05, 0.1) is 0 Å². The van der Waals surface area contributed by atoms with Gasteiger partial charge in [0.15, 0.2) is 0 Å². The molecule has 1 saturated heterocycles. The highest BCUT2D eigenvalue weighted by Crippen LogP contribution is 2.18. The molecule has 0 radical (unpaired) electrons. The first kappa shape index (κ1) is 15.0. The Bertz CT molecular complexity index is 307. The summed E-state index contributed by atoms with van der Waals surface area (Å²) >= 11 is 0. The van der Waals surface area contributed by atoms with Crippen LogP contribution in [0.5, 0.6) is 0 Å². The second kappa shape index (κ2) is 6.21. The summed E-state index contributed by atoms with van der Waals surface area (Å²) < 4.78 is 0. The maximum Gasteiger partial charge on any atom is 0.225 e. The molecule has 1 fully saturated rings. The van der Waals surface area contributed by atoms with Gasteiger partial charge in [-0.05, 0) is 18.8 Å². The number of rotatable bonds is 3. The monoisotopic (exact) mass is 254 g/mol. The minimum Gasteiger partial charge on any atom is -0.355 e. The number of nitrogens with one attached hydrogen (secondary N) is 1. The lowest BCUT2D eigenvalue weighted by molar-refractivity contribution is -0.132. The molecule has 1 rings (SSSR count). The van der Waals surface area contributed by atoms with Crippen molar-refractivity contribution in [3.05, 3.63) is 0 Å². The summed E-state index contributed by atoms with van der Waals surface area (Å²) in [6, 6.07) is 0. The van der Waals surface area contributed by atoms with Gasteiger partial charge in [-0.15, -0.1) is 0 Å². The van der Waals surface area contributed by atoms with Crippen LogP contribution in [0.4, 0.5) is 0 Å². The van der Waals surface area contributed by atoms with E-state index in [1.807, 2.05) is 32.6 Å². The normalized spacial score (nSPS) is 20.7. The van der Waals surface area contributed by atoms with E-state index in [1.165, 1.54) is 0 Å². The topological polar surface area (TPSA) is 49.4 Å². The Kier molecular flexibility index (Phi) is 5.17. The summed E-state index contributed by atoms with van der Waals surface area (Å²) in [5.41, 5.74) is -0.340. The Morgan fingerprint density at radius 2 is 2.00 bits per heavy atom. The highest BCUT2D eigenvalue weighted by Gasteiger charge is 2.25. The molecule has 0 aromatic carbocycles. The van der Waals surface area contributed by atoms with Gasteiger partial charge in [-0.1, -0.05) is 27.7 Å². The zero-order valence-corrected chi connectivity index (χ0v) is 12.1. The molecule has 4 nitrogen and oxygen atoms in total. The van der Waals surface area contributed by atoms with Gasteiger partial charge in [0, 0.05) is 31.5 Å². The molecule has 1 N–H and O–H groups in total. The zero-order valence-electron chi connectivity index (χ0n) is 12.1. The van der Waals surface area contributed by atoms with Gasteiger partial charge in [-0.2, -0.15) is 0 Å². The van der Waals surface area contributed by atoms with Gasteiger partial charge >= 0.3 is 0 Å². The van der Waals surface area contributed by atoms with E-state index in [4.69, 9.17) is 0 Å². The summed E-state index contributed by atoms with van der Waals surface area (Å²) in [4.78, 5) is 25.4. The lowest BCUT2D eigenvalue weighted by atomic mass is 9.94. The standard InChI is InChI=1S/C14H26N2O2/c1-5-12(17)16-8-6-7-11(10-16)9-15-13(18)14(2,3)4/h11H,5-10H2,1-4H3,(H,15,18)/t11-/m1/s1. The molecule has 18 heavy (non-hydrogen) atoms. The molecule has 1 aliphatic heterocycles. The molecule has 0 spiro atoms. The van der Waals surface area contributed by atoms with Crippen LogP contribution in [0.25, 0.3) is 0 Å². The molecule has 4 heteroatoms. The quantitative estimate of drug-likeness (QED) is 0.835. The van der Waals surface area contributed by atoms with E-state index in [-0.39, 0.29) is 17.2 Å². The SMILES string of the molecule is CCC(=O)N1CCC[C@H](CNC(=O)C(C)(C)C)C1. The van der Waals surface area contributed by atoms with Crippen molar-refractivity contribution in [1.82, 2.24) is 10.2 Å². The Labute approximate surface area is 110 Å². The lowest BCUT2D eigenvalue weighted by Gasteiger charge is -2.33. The van der Waals surface area contributed by atoms with E-state index in [0.717, 1.165) is 25.9 Å². The number of amides is 2. The second-order valence-electron chi connectivity index (χ2n) is 6.16. The molecule has 0 bridgehead atoms. The predicted molar refractivity (Wildman–Crippen MR) is 72.1 cm³/mol. The Hall–Kier alpha value is -1.06. The molecule has 0 aromatic heterocycles. The number of likely N-dealkylation sites (tertiary alicyclic amines) is 1. The third kappa shape index (κ3) is 4.31. The Balaban J connectivity index is 2.39. The molecule has 1 atom stereocenters. The maximum atomic E-state index is 11.8. The van der Waals surface area contributed by atoms with Crippen molar-refractivity contribution in [2.45, 2.75) is 47.0 Å². The van der Waals surface area contributed by atoms with E-state index < -0.39 is 0 Å². The minimum absolute atomic E-state index is 0.0847. The highest BCUT2D eigenvalue weighted by molar-refractivity contribution is 5.81. The molecule has 1 heterocycles. The second-order valence-corrected chi connectivity index (χ2v) is 6.16. The van der Waals surface area contributed by atoms with Gasteiger partial charge < -0.3 is 10.2 Å². The molecule has 0 aliphatic carbocycles. The van der Waals surface area contributed by atoms with Crippen molar-refractivity contribution in [2.75, 3.05) is 19.6 Å². The largest absolute Gasteiger partial charge is 0.355 e. The van der Waals surface area contributed by atoms with Crippen LogP contribution in [0.2, 0.25) is 0 Å². The fraction of sp³-hybridized carbons (Fsp3) is 0.857. The average Bonchev–Trinajstić information content (AvgIpc) is 2.34. The van der Waals surface area contributed by atoms with Crippen molar-refractivity contribution in [3.8, 4) is 0 Å². The van der Waals surface area contributed by atoms with Crippen LogP contribution in [0.3, 0.4) is 0 Å². The Morgan fingerprint density at radius 1 is 1.33 bits per heavy atom. The molecular formula is C14H26N2O2. The van der Waals surface area contributed by atoms with E-state index in [9.17, 15) is 9.59 Å². The van der Waals surface area contributed by atoms with Crippen molar-refractivity contribution in [1.29, 1.82) is 0 Å². The van der Waals surface area contributed by atoms with Crippen LogP contribution in [0, 0.1) is 11.3 Å². The fourth-order valence-corrected chi connectivity index (χ4v) is 2.18. The third-order valence-electron chi connectivity index (χ3n) is 3.41. The van der Waals surface area contributed by atoms with E-state index >= 15 is 0 Å². The molecule has 104 valence electrons. The van der Waals surface area contributed by atoms with Crippen LogP contribution in [-0.4, -0.2) is 36.3 Å². The number of carbonyl (C=O) groups excluding carboxylic acids is 2. The van der Waals surface area contributed by atoms with Crippen molar-refractivity contribution in [3.63, 3.8) is 0 Å². The summed E-state index contributed by atoms with van der Waals surface area (Å²) in [6.45, 7) is 9.98. The first-order valence-electron chi connectivity index (χ1n) is 6.90. The van der Waals surface area contributed by atoms with Gasteiger partial charge in [0.1, 0.15) is 0 Å². The first-order valence-corrected chi connectivity index (χ1v) is 6.90. The van der Waals surface area contributed by atoms with E-state index in [2.05, 4.69) is 5.32 Å². The van der Waals surface area contributed by atoms with Crippen LogP contribution >= 0.6 is 0 Å². The average molecular weight is 254 g/mol. The van der Waals surface area contributed by atoms with E-state index in [1.54, 1.807) is 0 Å². The summed E-state index contributed by atoms with van der Waals surface area (Å²) in [5, 5.41) is 2.99. The van der Waals surface area contributed by atoms with Crippen molar-refractivity contribution >= 4 is 11.8 Å². The number of piperidine rings is 1. The predicted octanol–water partition coefficient (Wildman–Crippen LogP) is 1.80. The van der Waals surface area contributed by atoms with Gasteiger partial charge in [-0.25, -0.2) is 0 Å². The van der Waals surface area contributed by atoms with Crippen molar-refractivity contribution in [2.24, 2.45) is 11.3 Å². The van der Waals surface area contributed by atoms with Gasteiger partial charge in [0.25, 0.3) is 0 Å². The van der Waals surface area contributed by atoms with Crippen molar-refractivity contribution < 1.29 is 9.59 Å². The fourth-order valence-electron chi connectivity index (χ4n) is 2.18. The number of nitrogens with zero attached hydrogens (tertiary/aromatic N) is 1. The van der Waals surface area contributed by atoms with E-state index in [0.29, 0.717) is 18.9 Å². The van der Waals surface area contributed by atoms with Crippen LogP contribution in [-0.2, 0) is 9.59 Å². The summed E-state index contributed by atoms with van der Waals surface area (Å²) in [5.74, 6) is 0.712. The Morgan fingerprint density at radius 3 is 2.56 bits per heavy atom. The minimum atomic E-state index is -0.340. The van der Waals surface area contributed by atoms with Gasteiger partial charge in [0.2, 0.25) is 11.8 Å². The molecule has 0 saturated carbocycles. The zero-order chi connectivity index (χ0) is 13.8. The lowest BCUT2D eigenvalue weighted by Crippen LogP contribution is -2.45. The smallest absolute Gasteiger partial charge is 0.225 e. The number of hydrogen-bond acceptors (Lipinski definition) is 2. The first-order chi connectivity index (χ1) is 8.34. The van der Waals surface area contributed by atoms with Crippen LogP contribution in [0.15, 0.2) is 0 Å². The molecule has 0 aromatic rings. The highest BCUT2D eigenvalue weighted by atomic mass is 16.2. The maximum absolute atomic E-state index is 11.8. The number of carbonyl (C=O) groups is 2. The van der Waals surface area contributed by atoms with Crippen LogP contribution in [0.1, 0.15) is 47.0 Å². The molecule has 2 amide bonds. The summed E-state index contributed by atoms with van der Waals surface area (Å²) in [6.07, 6.45) is 2.71. The van der Waals surface area contributed by atoms with Gasteiger partial charge in [-0.3, -0.25) is 9.59 Å². The third-order valence-corrected chi connectivity index (χ3v) is 3.41. The number of hydrogen-bond donors (Lipinski definition) is 1. The van der Waals surface area contributed by atoms with Crippen LogP contribution < -0.4 is 5.32 Å². The summed E-state index contributed by atoms with van der Waals surface area (Å²) in [7, 11) is 0. The molecule has 1 aliphatic rings.